The van der Waals surface area contributed by atoms with Crippen molar-refractivity contribution in [2.45, 2.75) is 4.90 Å². The molecule has 5 rings (SSSR count). The van der Waals surface area contributed by atoms with Gasteiger partial charge in [-0.15, -0.1) is 0 Å². The largest absolute Gasteiger partial charge is 0.478 e. The summed E-state index contributed by atoms with van der Waals surface area (Å²) in [5.41, 5.74) is 3.65. The van der Waals surface area contributed by atoms with Crippen molar-refractivity contribution in [3.05, 3.63) is 54.1 Å². The van der Waals surface area contributed by atoms with Crippen molar-refractivity contribution in [2.75, 3.05) is 0 Å². The van der Waals surface area contributed by atoms with Gasteiger partial charge in [-0.3, -0.25) is 4.55 Å². The molecule has 28 heavy (non-hydrogen) atoms. The summed E-state index contributed by atoms with van der Waals surface area (Å²) in [6.45, 7) is 0. The third-order valence-corrected chi connectivity index (χ3v) is 5.61. The van der Waals surface area contributed by atoms with Crippen LogP contribution in [0.2, 0.25) is 0 Å². The number of hydrogen-bond acceptors (Lipinski definition) is 6. The Bertz CT molecular complexity index is 1430. The van der Waals surface area contributed by atoms with E-state index in [9.17, 15) is 22.9 Å². The van der Waals surface area contributed by atoms with E-state index < -0.39 is 16.1 Å². The van der Waals surface area contributed by atoms with E-state index in [4.69, 9.17) is 0 Å². The lowest BCUT2D eigenvalue weighted by Gasteiger charge is -2.06. The van der Waals surface area contributed by atoms with Gasteiger partial charge in [-0.1, -0.05) is 24.3 Å². The summed E-state index contributed by atoms with van der Waals surface area (Å²) in [7, 11) is -4.38. The highest BCUT2D eigenvalue weighted by Gasteiger charge is 2.28. The molecule has 0 saturated carbocycles. The normalized spacial score (nSPS) is 12.0. The molecule has 1 heterocycles. The fourth-order valence-electron chi connectivity index (χ4n) is 3.56. The summed E-state index contributed by atoms with van der Waals surface area (Å²) < 4.78 is 33.0. The lowest BCUT2D eigenvalue weighted by Crippen LogP contribution is -1.99. The number of carboxylic acid groups (broad SMARTS) is 1. The van der Waals surface area contributed by atoms with E-state index in [0.717, 1.165) is 5.56 Å². The summed E-state index contributed by atoms with van der Waals surface area (Å²) in [6, 6.07) is 12.6. The van der Waals surface area contributed by atoms with E-state index in [1.165, 1.54) is 18.2 Å². The van der Waals surface area contributed by atoms with Crippen LogP contribution in [0.5, 0.6) is 0 Å². The van der Waals surface area contributed by atoms with Crippen LogP contribution in [0.4, 0.5) is 0 Å². The molecule has 140 valence electrons. The minimum absolute atomic E-state index is 0. The van der Waals surface area contributed by atoms with Crippen LogP contribution >= 0.6 is 0 Å². The molecule has 0 bridgehead atoms. The van der Waals surface area contributed by atoms with Gasteiger partial charge in [0.1, 0.15) is 4.90 Å². The first-order chi connectivity index (χ1) is 12.8. The topological polar surface area (TPSA) is 152 Å². The van der Waals surface area contributed by atoms with Crippen molar-refractivity contribution in [2.24, 2.45) is 0 Å². The smallest absolute Gasteiger partial charge is 0.335 e. The molecule has 0 unspecified atom stereocenters. The van der Waals surface area contributed by atoms with Crippen LogP contribution in [0.3, 0.4) is 0 Å². The molecule has 1 aliphatic rings. The Morgan fingerprint density at radius 1 is 0.893 bits per heavy atom. The van der Waals surface area contributed by atoms with Crippen molar-refractivity contribution < 1.29 is 22.9 Å². The molecule has 1 aromatic heterocycles. The summed E-state index contributed by atoms with van der Waals surface area (Å²) in [5, 5.41) is 10.2. The molecule has 3 aromatic carbocycles. The van der Waals surface area contributed by atoms with Gasteiger partial charge < -0.3 is 11.3 Å². The van der Waals surface area contributed by atoms with Crippen LogP contribution in [-0.2, 0) is 10.1 Å². The molecule has 4 aromatic rings. The molecule has 0 aliphatic heterocycles. The van der Waals surface area contributed by atoms with Crippen molar-refractivity contribution in [3.8, 4) is 22.5 Å². The van der Waals surface area contributed by atoms with Crippen LogP contribution in [0.25, 0.3) is 44.3 Å². The minimum Gasteiger partial charge on any atom is -0.478 e. The minimum atomic E-state index is -4.38. The zero-order valence-corrected chi connectivity index (χ0v) is 15.1. The van der Waals surface area contributed by atoms with E-state index in [2.05, 4.69) is 9.97 Å². The molecule has 9 heteroatoms. The highest BCUT2D eigenvalue weighted by Crippen LogP contribution is 2.47. The second-order valence-electron chi connectivity index (χ2n) is 6.24. The van der Waals surface area contributed by atoms with Crippen LogP contribution in [-0.4, -0.2) is 34.0 Å². The Hall–Kier alpha value is -3.40. The second kappa shape index (κ2) is 5.80. The van der Waals surface area contributed by atoms with Gasteiger partial charge >= 0.3 is 5.97 Å². The Kier molecular flexibility index (Phi) is 3.72. The maximum absolute atomic E-state index is 11.7. The van der Waals surface area contributed by atoms with Crippen molar-refractivity contribution in [1.82, 2.24) is 16.1 Å². The molecule has 0 amide bonds. The van der Waals surface area contributed by atoms with Crippen LogP contribution in [0.15, 0.2) is 53.4 Å². The van der Waals surface area contributed by atoms with Gasteiger partial charge in [-0.2, -0.15) is 8.42 Å². The van der Waals surface area contributed by atoms with Gasteiger partial charge in [0, 0.05) is 21.9 Å². The Labute approximate surface area is 158 Å². The first kappa shape index (κ1) is 18.0. The quantitative estimate of drug-likeness (QED) is 0.384. The van der Waals surface area contributed by atoms with E-state index in [0.29, 0.717) is 38.8 Å². The fourth-order valence-corrected chi connectivity index (χ4v) is 4.25. The van der Waals surface area contributed by atoms with Gasteiger partial charge in [-0.05, 0) is 24.3 Å². The van der Waals surface area contributed by atoms with E-state index >= 15 is 0 Å². The number of nitrogens with zero attached hydrogens (tertiary/aromatic N) is 2. The number of carboxylic acids is 1. The molecule has 8 nitrogen and oxygen atoms in total. The Balaban J connectivity index is 0.00000192. The number of rotatable bonds is 2. The van der Waals surface area contributed by atoms with Gasteiger partial charge in [0.15, 0.2) is 0 Å². The van der Waals surface area contributed by atoms with Crippen LogP contribution in [0, 0.1) is 0 Å². The number of aromatic nitrogens is 2. The molecule has 5 N–H and O–H groups in total. The number of benzene rings is 3. The molecule has 0 atom stereocenters. The van der Waals surface area contributed by atoms with Crippen molar-refractivity contribution >= 4 is 37.9 Å². The predicted octanol–water partition coefficient (Wildman–Crippen LogP) is 3.54. The second-order valence-corrected chi connectivity index (χ2v) is 7.63. The molecule has 0 spiro atoms. The summed E-state index contributed by atoms with van der Waals surface area (Å²) in [4.78, 5) is 20.3. The van der Waals surface area contributed by atoms with E-state index in [-0.39, 0.29) is 16.6 Å². The Morgan fingerprint density at radius 3 is 2.25 bits per heavy atom. The molecule has 0 fully saturated rings. The average molecular weight is 395 g/mol. The summed E-state index contributed by atoms with van der Waals surface area (Å²) in [5.74, 6) is -1.05. The maximum Gasteiger partial charge on any atom is 0.335 e. The van der Waals surface area contributed by atoms with Crippen molar-refractivity contribution in [3.63, 3.8) is 0 Å². The molecule has 0 radical (unpaired) electrons. The van der Waals surface area contributed by atoms with Gasteiger partial charge in [0.25, 0.3) is 10.1 Å². The highest BCUT2D eigenvalue weighted by molar-refractivity contribution is 7.86. The predicted molar refractivity (Wildman–Crippen MR) is 103 cm³/mol. The highest BCUT2D eigenvalue weighted by atomic mass is 32.2. The van der Waals surface area contributed by atoms with Gasteiger partial charge in [0.05, 0.1) is 28.0 Å². The summed E-state index contributed by atoms with van der Waals surface area (Å²) in [6.07, 6.45) is 0. The SMILES string of the molecule is N.O=C(O)c1ccc2nc3c(nc2c1)-c1cccc2c(S(=O)(=O)O)ccc-3c12. The summed E-state index contributed by atoms with van der Waals surface area (Å²) >= 11 is 0. The van der Waals surface area contributed by atoms with Crippen LogP contribution < -0.4 is 6.15 Å². The van der Waals surface area contributed by atoms with Crippen LogP contribution in [0.1, 0.15) is 10.4 Å². The zero-order valence-electron chi connectivity index (χ0n) is 14.2. The molecular weight excluding hydrogens is 382 g/mol. The van der Waals surface area contributed by atoms with E-state index in [1.54, 1.807) is 30.3 Å². The van der Waals surface area contributed by atoms with Crippen molar-refractivity contribution in [1.29, 1.82) is 0 Å². The number of hydrogen-bond donors (Lipinski definition) is 3. The first-order valence-electron chi connectivity index (χ1n) is 7.93. The number of fused-ring (bicyclic) bond motifs is 4. The number of aromatic carboxylic acids is 1. The monoisotopic (exact) mass is 395 g/mol. The average Bonchev–Trinajstić information content (AvgIpc) is 2.94. The standard InChI is InChI=1S/C19H10N2O5S.H3N/c22-19(23)9-4-6-13-14(8-9)21-17-11-3-1-2-10-15(27(24,25)26)7-5-12(16(10)11)18(17)20-13;/h1-8H,(H,22,23)(H,24,25,26);1H3. The Morgan fingerprint density at radius 2 is 1.57 bits per heavy atom. The van der Waals surface area contributed by atoms with Gasteiger partial charge in [-0.25, -0.2) is 14.8 Å². The lowest BCUT2D eigenvalue weighted by atomic mass is 10.0. The fraction of sp³-hybridized carbons (Fsp3) is 0. The first-order valence-corrected chi connectivity index (χ1v) is 9.37. The molecular formula is C19H13N3O5S. The molecule has 1 aliphatic carbocycles. The molecule has 0 saturated heterocycles. The lowest BCUT2D eigenvalue weighted by molar-refractivity contribution is 0.0697. The number of carbonyl (C=O) groups is 1. The zero-order chi connectivity index (χ0) is 18.9. The third-order valence-electron chi connectivity index (χ3n) is 4.70. The third kappa shape index (κ3) is 2.38. The maximum atomic E-state index is 11.7. The van der Waals surface area contributed by atoms with E-state index in [1.807, 2.05) is 0 Å². The van der Waals surface area contributed by atoms with Gasteiger partial charge in [0.2, 0.25) is 0 Å².